The summed E-state index contributed by atoms with van der Waals surface area (Å²) >= 11 is 0. The number of alkyl carbamates (subject to hydrolysis) is 1. The average molecular weight is 338 g/mol. The van der Waals surface area contributed by atoms with Crippen molar-refractivity contribution in [3.05, 3.63) is 18.0 Å². The number of aryl methyl sites for hydroxylation is 1. The van der Waals surface area contributed by atoms with Gasteiger partial charge in [0.1, 0.15) is 12.1 Å². The monoisotopic (exact) mass is 338 g/mol. The fraction of sp³-hybridized carbons (Fsp3) is 0.706. The van der Waals surface area contributed by atoms with Crippen LogP contribution in [0.4, 0.5) is 4.79 Å². The first-order valence-corrected chi connectivity index (χ1v) is 8.18. The van der Waals surface area contributed by atoms with Crippen LogP contribution in [0.2, 0.25) is 0 Å². The number of aromatic nitrogens is 2. The normalized spacial score (nSPS) is 14.2. The number of nitrogens with zero attached hydrogens (tertiary/aromatic N) is 2. The van der Waals surface area contributed by atoms with Gasteiger partial charge < -0.3 is 15.4 Å². The summed E-state index contributed by atoms with van der Waals surface area (Å²) < 4.78 is 6.83. The molecule has 0 unspecified atom stereocenters. The Balaban J connectivity index is 2.63. The van der Waals surface area contributed by atoms with E-state index in [4.69, 9.17) is 4.74 Å². The van der Waals surface area contributed by atoms with Crippen LogP contribution in [0.15, 0.2) is 12.4 Å². The second-order valence-electron chi connectivity index (χ2n) is 7.69. The fourth-order valence-corrected chi connectivity index (χ4v) is 2.02. The highest BCUT2D eigenvalue weighted by Crippen LogP contribution is 2.16. The smallest absolute Gasteiger partial charge is 0.407 e. The minimum absolute atomic E-state index is 0.121. The van der Waals surface area contributed by atoms with Crippen molar-refractivity contribution in [3.8, 4) is 0 Å². The third kappa shape index (κ3) is 6.60. The standard InChI is InChI=1S/C17H30N4O3/c1-12(2)17(7,11-18-15(23)24-16(4,5)6)20-14(22)10-21-9-13(3)8-19-21/h8-9,12H,10-11H2,1-7H3,(H,18,23)(H,20,22)/t17-/m0/s1. The summed E-state index contributed by atoms with van der Waals surface area (Å²) in [5.41, 5.74) is -0.142. The minimum atomic E-state index is -0.587. The summed E-state index contributed by atoms with van der Waals surface area (Å²) in [5.74, 6) is -0.0315. The highest BCUT2D eigenvalue weighted by atomic mass is 16.6. The summed E-state index contributed by atoms with van der Waals surface area (Å²) in [6.07, 6.45) is 3.02. The largest absolute Gasteiger partial charge is 0.444 e. The van der Waals surface area contributed by atoms with Crippen LogP contribution in [-0.4, -0.2) is 39.5 Å². The molecule has 2 N–H and O–H groups in total. The zero-order valence-electron chi connectivity index (χ0n) is 15.8. The summed E-state index contributed by atoms with van der Waals surface area (Å²) in [6.45, 7) is 13.7. The zero-order chi connectivity index (χ0) is 18.5. The van der Waals surface area contributed by atoms with Crippen LogP contribution < -0.4 is 10.6 Å². The van der Waals surface area contributed by atoms with Crippen LogP contribution in [0.1, 0.15) is 47.1 Å². The molecule has 0 spiro atoms. The molecule has 7 nitrogen and oxygen atoms in total. The van der Waals surface area contributed by atoms with E-state index in [1.165, 1.54) is 0 Å². The molecule has 24 heavy (non-hydrogen) atoms. The molecule has 1 rings (SSSR count). The molecular formula is C17H30N4O3. The van der Waals surface area contributed by atoms with Crippen LogP contribution in [0.5, 0.6) is 0 Å². The molecular weight excluding hydrogens is 308 g/mol. The molecule has 0 aromatic carbocycles. The molecule has 136 valence electrons. The van der Waals surface area contributed by atoms with Gasteiger partial charge in [-0.3, -0.25) is 9.48 Å². The number of amides is 2. The number of hydrogen-bond donors (Lipinski definition) is 2. The van der Waals surface area contributed by atoms with E-state index in [0.717, 1.165) is 5.56 Å². The van der Waals surface area contributed by atoms with Crippen LogP contribution in [0.25, 0.3) is 0 Å². The van der Waals surface area contributed by atoms with Gasteiger partial charge in [0.2, 0.25) is 5.91 Å². The second-order valence-corrected chi connectivity index (χ2v) is 7.69. The van der Waals surface area contributed by atoms with Crippen molar-refractivity contribution in [1.29, 1.82) is 0 Å². The topological polar surface area (TPSA) is 85.3 Å². The van der Waals surface area contributed by atoms with Gasteiger partial charge in [0.15, 0.2) is 0 Å². The first kappa shape index (κ1) is 20.0. The molecule has 0 radical (unpaired) electrons. The van der Waals surface area contributed by atoms with Gasteiger partial charge in [-0.1, -0.05) is 13.8 Å². The Hall–Kier alpha value is -2.05. The maximum atomic E-state index is 12.3. The Morgan fingerprint density at radius 2 is 1.92 bits per heavy atom. The van der Waals surface area contributed by atoms with E-state index < -0.39 is 17.2 Å². The number of carbonyl (C=O) groups excluding carboxylic acids is 2. The van der Waals surface area contributed by atoms with Crippen molar-refractivity contribution in [2.24, 2.45) is 5.92 Å². The Bertz CT molecular complexity index is 575. The number of ether oxygens (including phenoxy) is 1. The first-order valence-electron chi connectivity index (χ1n) is 8.18. The maximum absolute atomic E-state index is 12.3. The lowest BCUT2D eigenvalue weighted by Crippen LogP contribution is -2.57. The first-order chi connectivity index (χ1) is 10.9. The van der Waals surface area contributed by atoms with Gasteiger partial charge in [-0.05, 0) is 46.1 Å². The number of rotatable bonds is 6. The van der Waals surface area contributed by atoms with Crippen LogP contribution >= 0.6 is 0 Å². The molecule has 1 heterocycles. The molecule has 0 aliphatic carbocycles. The lowest BCUT2D eigenvalue weighted by atomic mass is 9.88. The summed E-state index contributed by atoms with van der Waals surface area (Å²) in [5, 5.41) is 9.85. The highest BCUT2D eigenvalue weighted by Gasteiger charge is 2.31. The molecule has 0 aliphatic heterocycles. The highest BCUT2D eigenvalue weighted by molar-refractivity contribution is 5.76. The lowest BCUT2D eigenvalue weighted by Gasteiger charge is -2.35. The van der Waals surface area contributed by atoms with Gasteiger partial charge in [0.05, 0.1) is 11.7 Å². The molecule has 0 saturated heterocycles. The van der Waals surface area contributed by atoms with Gasteiger partial charge >= 0.3 is 6.09 Å². The van der Waals surface area contributed by atoms with Gasteiger partial charge in [-0.15, -0.1) is 0 Å². The van der Waals surface area contributed by atoms with E-state index >= 15 is 0 Å². The van der Waals surface area contributed by atoms with Crippen molar-refractivity contribution >= 4 is 12.0 Å². The van der Waals surface area contributed by atoms with Gasteiger partial charge in [-0.2, -0.15) is 5.10 Å². The van der Waals surface area contributed by atoms with Crippen molar-refractivity contribution in [3.63, 3.8) is 0 Å². The maximum Gasteiger partial charge on any atom is 0.407 e. The van der Waals surface area contributed by atoms with Crippen molar-refractivity contribution in [1.82, 2.24) is 20.4 Å². The molecule has 0 fully saturated rings. The fourth-order valence-electron chi connectivity index (χ4n) is 2.02. The molecule has 0 saturated carbocycles. The van der Waals surface area contributed by atoms with Gasteiger partial charge in [0.25, 0.3) is 0 Å². The van der Waals surface area contributed by atoms with Crippen molar-refractivity contribution in [2.75, 3.05) is 6.54 Å². The predicted octanol–water partition coefficient (Wildman–Crippen LogP) is 2.25. The van der Waals surface area contributed by atoms with E-state index in [-0.39, 0.29) is 24.9 Å². The summed E-state index contributed by atoms with van der Waals surface area (Å²) in [6, 6.07) is 0. The van der Waals surface area contributed by atoms with E-state index in [9.17, 15) is 9.59 Å². The summed E-state index contributed by atoms with van der Waals surface area (Å²) in [4.78, 5) is 24.1. The third-order valence-corrected chi connectivity index (χ3v) is 3.77. The molecule has 1 atom stereocenters. The third-order valence-electron chi connectivity index (χ3n) is 3.77. The minimum Gasteiger partial charge on any atom is -0.444 e. The number of nitrogens with one attached hydrogen (secondary N) is 2. The Kier molecular flexibility index (Phi) is 6.40. The summed E-state index contributed by atoms with van der Waals surface area (Å²) in [7, 11) is 0. The molecule has 0 aliphatic rings. The van der Waals surface area contributed by atoms with Gasteiger partial charge in [0, 0.05) is 12.7 Å². The van der Waals surface area contributed by atoms with E-state index in [2.05, 4.69) is 15.7 Å². The Morgan fingerprint density at radius 1 is 1.29 bits per heavy atom. The SMILES string of the molecule is Cc1cnn(CC(=O)N[C@@](C)(CNC(=O)OC(C)(C)C)C(C)C)c1. The molecule has 2 amide bonds. The lowest BCUT2D eigenvalue weighted by molar-refractivity contribution is -0.124. The van der Waals surface area contributed by atoms with Crippen molar-refractivity contribution in [2.45, 2.75) is 66.2 Å². The van der Waals surface area contributed by atoms with Crippen LogP contribution in [-0.2, 0) is 16.1 Å². The predicted molar refractivity (Wildman–Crippen MR) is 92.6 cm³/mol. The van der Waals surface area contributed by atoms with Crippen molar-refractivity contribution < 1.29 is 14.3 Å². The van der Waals surface area contributed by atoms with E-state index in [1.807, 2.05) is 54.7 Å². The van der Waals surface area contributed by atoms with Crippen LogP contribution in [0, 0.1) is 12.8 Å². The van der Waals surface area contributed by atoms with Crippen LogP contribution in [0.3, 0.4) is 0 Å². The average Bonchev–Trinajstić information content (AvgIpc) is 2.79. The Labute approximate surface area is 144 Å². The quantitative estimate of drug-likeness (QED) is 0.833. The van der Waals surface area contributed by atoms with Gasteiger partial charge in [-0.25, -0.2) is 4.79 Å². The molecule has 7 heteroatoms. The van der Waals surface area contributed by atoms with E-state index in [1.54, 1.807) is 10.9 Å². The number of hydrogen-bond acceptors (Lipinski definition) is 4. The second kappa shape index (κ2) is 7.68. The molecule has 0 bridgehead atoms. The number of carbonyl (C=O) groups is 2. The van der Waals surface area contributed by atoms with E-state index in [0.29, 0.717) is 0 Å². The Morgan fingerprint density at radius 3 is 2.38 bits per heavy atom. The zero-order valence-corrected chi connectivity index (χ0v) is 15.8. The molecule has 1 aromatic rings. The molecule has 1 aromatic heterocycles.